The summed E-state index contributed by atoms with van der Waals surface area (Å²) in [6.45, 7) is 6.57. The first-order chi connectivity index (χ1) is 13.8. The van der Waals surface area contributed by atoms with Crippen LogP contribution in [0.15, 0.2) is 41.4 Å². The molecule has 0 radical (unpaired) electrons. The van der Waals surface area contributed by atoms with Gasteiger partial charge in [0.15, 0.2) is 0 Å². The number of aromatic nitrogens is 4. The molecule has 3 aromatic rings. The van der Waals surface area contributed by atoms with Crippen molar-refractivity contribution in [2.75, 3.05) is 11.9 Å². The molecule has 29 heavy (non-hydrogen) atoms. The molecule has 0 aliphatic heterocycles. The minimum absolute atomic E-state index is 0.124. The van der Waals surface area contributed by atoms with Crippen molar-refractivity contribution in [3.05, 3.63) is 52.6 Å². The van der Waals surface area contributed by atoms with Gasteiger partial charge in [-0.05, 0) is 23.9 Å². The lowest BCUT2D eigenvalue weighted by atomic mass is 9.92. The molecule has 0 fully saturated rings. The van der Waals surface area contributed by atoms with E-state index in [1.807, 2.05) is 32.2 Å². The molecule has 0 saturated heterocycles. The van der Waals surface area contributed by atoms with Crippen LogP contribution in [0.4, 0.5) is 5.82 Å². The minimum atomic E-state index is -0.189. The van der Waals surface area contributed by atoms with Crippen molar-refractivity contribution in [2.45, 2.75) is 39.0 Å². The smallest absolute Gasteiger partial charge is 0.252 e. The maximum Gasteiger partial charge on any atom is 0.252 e. The van der Waals surface area contributed by atoms with Crippen molar-refractivity contribution in [1.82, 2.24) is 25.1 Å². The van der Waals surface area contributed by atoms with E-state index in [-0.39, 0.29) is 23.7 Å². The van der Waals surface area contributed by atoms with Crippen molar-refractivity contribution in [3.63, 3.8) is 0 Å². The third-order valence-electron chi connectivity index (χ3n) is 4.14. The van der Waals surface area contributed by atoms with Gasteiger partial charge in [-0.25, -0.2) is 9.97 Å². The SMILES string of the molecule is CC(C)(C)c1cc(NC(=O)CCCNC(=O)c2ccsc2)n(-c2ncccn2)n1. The van der Waals surface area contributed by atoms with Crippen molar-refractivity contribution >= 4 is 29.0 Å². The highest BCUT2D eigenvalue weighted by molar-refractivity contribution is 7.08. The summed E-state index contributed by atoms with van der Waals surface area (Å²) in [5.41, 5.74) is 1.27. The minimum Gasteiger partial charge on any atom is -0.352 e. The standard InChI is InChI=1S/C20H24N6O2S/c1-20(2,3)15-12-16(26(25-15)19-22-9-5-10-23-19)24-17(27)6-4-8-21-18(28)14-7-11-29-13-14/h5,7,9-13H,4,6,8H2,1-3H3,(H,21,28)(H,24,27). The molecule has 0 aromatic carbocycles. The molecule has 3 rings (SSSR count). The van der Waals surface area contributed by atoms with E-state index in [0.29, 0.717) is 30.3 Å². The Morgan fingerprint density at radius 2 is 1.97 bits per heavy atom. The molecular weight excluding hydrogens is 388 g/mol. The molecule has 0 spiro atoms. The lowest BCUT2D eigenvalue weighted by Crippen LogP contribution is -2.25. The molecule has 3 aromatic heterocycles. The van der Waals surface area contributed by atoms with Crippen molar-refractivity contribution in [2.24, 2.45) is 0 Å². The summed E-state index contributed by atoms with van der Waals surface area (Å²) in [4.78, 5) is 32.8. The molecule has 3 heterocycles. The summed E-state index contributed by atoms with van der Waals surface area (Å²) in [5.74, 6) is 0.628. The molecular formula is C20H24N6O2S. The number of hydrogen-bond acceptors (Lipinski definition) is 6. The molecule has 9 heteroatoms. The topological polar surface area (TPSA) is 102 Å². The first kappa shape index (κ1) is 20.7. The third kappa shape index (κ3) is 5.47. The Labute approximate surface area is 173 Å². The maximum atomic E-state index is 12.4. The fourth-order valence-corrected chi connectivity index (χ4v) is 3.18. The molecule has 2 amide bonds. The summed E-state index contributed by atoms with van der Waals surface area (Å²) in [5, 5.41) is 13.9. The van der Waals surface area contributed by atoms with Gasteiger partial charge in [-0.15, -0.1) is 0 Å². The van der Waals surface area contributed by atoms with Crippen molar-refractivity contribution in [3.8, 4) is 5.95 Å². The van der Waals surface area contributed by atoms with Crippen molar-refractivity contribution < 1.29 is 9.59 Å². The largest absolute Gasteiger partial charge is 0.352 e. The highest BCUT2D eigenvalue weighted by atomic mass is 32.1. The van der Waals surface area contributed by atoms with Crippen LogP contribution in [0.2, 0.25) is 0 Å². The molecule has 152 valence electrons. The molecule has 8 nitrogen and oxygen atoms in total. The van der Waals surface area contributed by atoms with Crippen LogP contribution in [0.25, 0.3) is 5.95 Å². The van der Waals surface area contributed by atoms with Crippen LogP contribution < -0.4 is 10.6 Å². The van der Waals surface area contributed by atoms with Gasteiger partial charge in [0.2, 0.25) is 5.91 Å². The average Bonchev–Trinajstić information content (AvgIpc) is 3.35. The number of hydrogen-bond donors (Lipinski definition) is 2. The van der Waals surface area contributed by atoms with Crippen LogP contribution in [0.5, 0.6) is 0 Å². The Kier molecular flexibility index (Phi) is 6.38. The van der Waals surface area contributed by atoms with Crippen molar-refractivity contribution in [1.29, 1.82) is 0 Å². The van der Waals surface area contributed by atoms with Crippen LogP contribution >= 0.6 is 11.3 Å². The Morgan fingerprint density at radius 1 is 1.21 bits per heavy atom. The lowest BCUT2D eigenvalue weighted by Gasteiger charge is -2.13. The van der Waals surface area contributed by atoms with Gasteiger partial charge in [0, 0.05) is 47.8 Å². The van der Waals surface area contributed by atoms with Crippen LogP contribution in [0, 0.1) is 0 Å². The second-order valence-electron chi connectivity index (χ2n) is 7.55. The number of anilines is 1. The number of carbonyl (C=O) groups excluding carboxylic acids is 2. The molecule has 2 N–H and O–H groups in total. The first-order valence-corrected chi connectivity index (χ1v) is 10.3. The molecule has 0 aliphatic carbocycles. The fraction of sp³-hybridized carbons (Fsp3) is 0.350. The van der Waals surface area contributed by atoms with Gasteiger partial charge in [0.05, 0.1) is 5.69 Å². The summed E-state index contributed by atoms with van der Waals surface area (Å²) >= 11 is 1.47. The number of nitrogens with zero attached hydrogens (tertiary/aromatic N) is 4. The fourth-order valence-electron chi connectivity index (χ4n) is 2.54. The van der Waals surface area contributed by atoms with Crippen LogP contribution in [-0.2, 0) is 10.2 Å². The van der Waals surface area contributed by atoms with Crippen LogP contribution in [0.1, 0.15) is 49.7 Å². The van der Waals surface area contributed by atoms with Gasteiger partial charge >= 0.3 is 0 Å². The van der Waals surface area contributed by atoms with E-state index in [1.54, 1.807) is 29.9 Å². The molecule has 0 atom stereocenters. The molecule has 0 aliphatic rings. The monoisotopic (exact) mass is 412 g/mol. The second-order valence-corrected chi connectivity index (χ2v) is 8.33. The second kappa shape index (κ2) is 8.95. The summed E-state index contributed by atoms with van der Waals surface area (Å²) in [6.07, 6.45) is 4.06. The number of nitrogens with one attached hydrogen (secondary N) is 2. The number of amides is 2. The lowest BCUT2D eigenvalue weighted by molar-refractivity contribution is -0.116. The quantitative estimate of drug-likeness (QED) is 0.581. The van der Waals surface area contributed by atoms with E-state index >= 15 is 0 Å². The predicted molar refractivity (Wildman–Crippen MR) is 112 cm³/mol. The van der Waals surface area contributed by atoms with Crippen LogP contribution in [0.3, 0.4) is 0 Å². The Bertz CT molecular complexity index is 961. The van der Waals surface area contributed by atoms with E-state index < -0.39 is 0 Å². The van der Waals surface area contributed by atoms with Gasteiger partial charge in [-0.1, -0.05) is 20.8 Å². The Morgan fingerprint density at radius 3 is 2.62 bits per heavy atom. The summed E-state index contributed by atoms with van der Waals surface area (Å²) in [7, 11) is 0. The third-order valence-corrected chi connectivity index (χ3v) is 4.82. The van der Waals surface area contributed by atoms with Gasteiger partial charge in [0.1, 0.15) is 5.82 Å². The Balaban J connectivity index is 1.60. The van der Waals surface area contributed by atoms with E-state index in [1.165, 1.54) is 16.0 Å². The first-order valence-electron chi connectivity index (χ1n) is 9.33. The molecule has 0 unspecified atom stereocenters. The number of carbonyl (C=O) groups is 2. The van der Waals surface area contributed by atoms with E-state index in [4.69, 9.17) is 0 Å². The zero-order valence-electron chi connectivity index (χ0n) is 16.7. The highest BCUT2D eigenvalue weighted by Gasteiger charge is 2.22. The average molecular weight is 413 g/mol. The molecule has 0 saturated carbocycles. The zero-order chi connectivity index (χ0) is 20.9. The van der Waals surface area contributed by atoms with E-state index in [2.05, 4.69) is 25.7 Å². The zero-order valence-corrected chi connectivity index (χ0v) is 17.5. The summed E-state index contributed by atoms with van der Waals surface area (Å²) in [6, 6.07) is 5.33. The maximum absolute atomic E-state index is 12.4. The van der Waals surface area contributed by atoms with Gasteiger partial charge in [-0.3, -0.25) is 9.59 Å². The Hall–Kier alpha value is -3.07. The summed E-state index contributed by atoms with van der Waals surface area (Å²) < 4.78 is 1.54. The van der Waals surface area contributed by atoms with E-state index in [0.717, 1.165) is 5.69 Å². The number of rotatable bonds is 7. The van der Waals surface area contributed by atoms with Crippen LogP contribution in [-0.4, -0.2) is 38.1 Å². The van der Waals surface area contributed by atoms with Gasteiger partial charge in [0.25, 0.3) is 11.9 Å². The molecule has 0 bridgehead atoms. The van der Waals surface area contributed by atoms with E-state index in [9.17, 15) is 9.59 Å². The van der Waals surface area contributed by atoms with Gasteiger partial charge in [-0.2, -0.15) is 21.1 Å². The number of thiophene rings is 1. The highest BCUT2D eigenvalue weighted by Crippen LogP contribution is 2.25. The normalized spacial score (nSPS) is 11.3. The predicted octanol–water partition coefficient (Wildman–Crippen LogP) is 3.17. The van der Waals surface area contributed by atoms with Gasteiger partial charge < -0.3 is 10.6 Å².